The molecule has 2 aliphatic heterocycles. The van der Waals surface area contributed by atoms with Gasteiger partial charge in [-0.25, -0.2) is 4.99 Å². The average molecular weight is 509 g/mol. The average Bonchev–Trinajstić information content (AvgIpc) is 2.69. The molecule has 2 N–H and O–H groups in total. The summed E-state index contributed by atoms with van der Waals surface area (Å²) in [6.07, 6.45) is 6.09. The largest absolute Gasteiger partial charge is 0.376 e. The summed E-state index contributed by atoms with van der Waals surface area (Å²) in [4.78, 5) is 31.9. The Kier molecular flexibility index (Phi) is 11.7. The van der Waals surface area contributed by atoms with Crippen molar-refractivity contribution in [2.75, 3.05) is 53.9 Å². The molecular formula is C19H36IN5O3. The number of likely N-dealkylation sites (tertiary alicyclic amines) is 1. The molecule has 0 bridgehead atoms. The first-order chi connectivity index (χ1) is 13.0. The molecule has 2 saturated heterocycles. The van der Waals surface area contributed by atoms with Crippen molar-refractivity contribution in [3.05, 3.63) is 0 Å². The molecule has 0 saturated carbocycles. The quantitative estimate of drug-likeness (QED) is 0.318. The molecule has 8 nitrogen and oxygen atoms in total. The predicted molar refractivity (Wildman–Crippen MR) is 121 cm³/mol. The van der Waals surface area contributed by atoms with Crippen LogP contribution >= 0.6 is 24.0 Å². The molecule has 2 heterocycles. The van der Waals surface area contributed by atoms with Crippen molar-refractivity contribution >= 4 is 41.8 Å². The zero-order chi connectivity index (χ0) is 19.6. The third-order valence-electron chi connectivity index (χ3n) is 5.29. The predicted octanol–water partition coefficient (Wildman–Crippen LogP) is 1.06. The van der Waals surface area contributed by atoms with Crippen LogP contribution in [0.5, 0.6) is 0 Å². The minimum absolute atomic E-state index is 0. The number of guanidine groups is 1. The Bertz CT molecular complexity index is 516. The van der Waals surface area contributed by atoms with Crippen LogP contribution in [0.15, 0.2) is 4.99 Å². The molecule has 2 aliphatic rings. The van der Waals surface area contributed by atoms with Crippen LogP contribution in [0.25, 0.3) is 0 Å². The number of halogens is 1. The number of nitrogens with zero attached hydrogens (tertiary/aromatic N) is 3. The van der Waals surface area contributed by atoms with Gasteiger partial charge in [-0.1, -0.05) is 0 Å². The van der Waals surface area contributed by atoms with Gasteiger partial charge in [-0.3, -0.25) is 9.59 Å². The molecule has 0 aromatic carbocycles. The Morgan fingerprint density at radius 1 is 1.18 bits per heavy atom. The summed E-state index contributed by atoms with van der Waals surface area (Å²) in [6, 6.07) is 0. The number of piperidine rings is 1. The summed E-state index contributed by atoms with van der Waals surface area (Å²) < 4.78 is 5.80. The van der Waals surface area contributed by atoms with E-state index in [2.05, 4.69) is 20.5 Å². The molecule has 2 rings (SSSR count). The molecule has 1 unspecified atom stereocenters. The van der Waals surface area contributed by atoms with E-state index in [9.17, 15) is 9.59 Å². The summed E-state index contributed by atoms with van der Waals surface area (Å²) in [5, 5.41) is 6.12. The Balaban J connectivity index is 0.00000392. The molecular weight excluding hydrogens is 473 g/mol. The number of aliphatic imine (C=N–C) groups is 1. The summed E-state index contributed by atoms with van der Waals surface area (Å²) in [6.45, 7) is 3.36. The first-order valence-corrected chi connectivity index (χ1v) is 10.0. The number of likely N-dealkylation sites (N-methyl/N-ethyl adjacent to an activating group) is 1. The van der Waals surface area contributed by atoms with Crippen molar-refractivity contribution in [2.45, 2.75) is 44.6 Å². The fourth-order valence-corrected chi connectivity index (χ4v) is 3.44. The van der Waals surface area contributed by atoms with Gasteiger partial charge in [-0.2, -0.15) is 0 Å². The Morgan fingerprint density at radius 3 is 2.46 bits per heavy atom. The van der Waals surface area contributed by atoms with Crippen molar-refractivity contribution in [2.24, 2.45) is 10.9 Å². The maximum absolute atomic E-state index is 11.9. The van der Waals surface area contributed by atoms with Crippen LogP contribution in [0, 0.1) is 5.92 Å². The zero-order valence-electron chi connectivity index (χ0n) is 17.4. The highest BCUT2D eigenvalue weighted by Crippen LogP contribution is 2.20. The van der Waals surface area contributed by atoms with E-state index in [-0.39, 0.29) is 48.4 Å². The molecule has 9 heteroatoms. The molecule has 2 amide bonds. The van der Waals surface area contributed by atoms with Crippen LogP contribution < -0.4 is 10.6 Å². The second-order valence-corrected chi connectivity index (χ2v) is 7.61. The lowest BCUT2D eigenvalue weighted by Crippen LogP contribution is -2.48. The lowest BCUT2D eigenvalue weighted by Gasteiger charge is -2.35. The van der Waals surface area contributed by atoms with E-state index in [1.807, 2.05) is 0 Å². The van der Waals surface area contributed by atoms with Crippen LogP contribution in [0.1, 0.15) is 38.5 Å². The maximum atomic E-state index is 11.9. The van der Waals surface area contributed by atoms with Gasteiger partial charge in [0.2, 0.25) is 11.8 Å². The van der Waals surface area contributed by atoms with Crippen molar-refractivity contribution in [3.63, 3.8) is 0 Å². The second kappa shape index (κ2) is 13.2. The van der Waals surface area contributed by atoms with Crippen molar-refractivity contribution in [1.82, 2.24) is 20.4 Å². The zero-order valence-corrected chi connectivity index (χ0v) is 19.7. The van der Waals surface area contributed by atoms with Crippen LogP contribution in [0.4, 0.5) is 0 Å². The van der Waals surface area contributed by atoms with Gasteiger partial charge in [0.1, 0.15) is 6.54 Å². The van der Waals surface area contributed by atoms with Gasteiger partial charge in [0.15, 0.2) is 5.96 Å². The van der Waals surface area contributed by atoms with E-state index in [4.69, 9.17) is 4.74 Å². The van der Waals surface area contributed by atoms with E-state index in [0.717, 1.165) is 51.3 Å². The molecule has 0 radical (unpaired) electrons. The molecule has 162 valence electrons. The summed E-state index contributed by atoms with van der Waals surface area (Å²) in [5.74, 6) is 1.27. The molecule has 0 aromatic heterocycles. The van der Waals surface area contributed by atoms with Crippen molar-refractivity contribution in [3.8, 4) is 0 Å². The smallest absolute Gasteiger partial charge is 0.243 e. The number of carbonyl (C=O) groups is 2. The van der Waals surface area contributed by atoms with E-state index in [0.29, 0.717) is 18.9 Å². The molecule has 0 spiro atoms. The first kappa shape index (κ1) is 24.9. The molecule has 0 aliphatic carbocycles. The number of rotatable bonds is 6. The molecule has 28 heavy (non-hydrogen) atoms. The fraction of sp³-hybridized carbons (Fsp3) is 0.842. The van der Waals surface area contributed by atoms with Gasteiger partial charge in [0, 0.05) is 53.8 Å². The monoisotopic (exact) mass is 509 g/mol. The number of ether oxygens (including phenoxy) is 1. The van der Waals surface area contributed by atoms with Crippen LogP contribution in [0.2, 0.25) is 0 Å². The number of nitrogens with one attached hydrogen (secondary N) is 2. The van der Waals surface area contributed by atoms with E-state index >= 15 is 0 Å². The Morgan fingerprint density at radius 2 is 1.89 bits per heavy atom. The third-order valence-corrected chi connectivity index (χ3v) is 5.29. The summed E-state index contributed by atoms with van der Waals surface area (Å²) in [7, 11) is 5.16. The number of amides is 2. The van der Waals surface area contributed by atoms with Crippen molar-refractivity contribution in [1.29, 1.82) is 0 Å². The SMILES string of the molecule is CNC(=O)CC1CCN(C(=NCC(=O)N(C)C)NCC2CCCCO2)CC1.I. The van der Waals surface area contributed by atoms with E-state index in [1.165, 1.54) is 6.42 Å². The van der Waals surface area contributed by atoms with Gasteiger partial charge in [-0.15, -0.1) is 24.0 Å². The lowest BCUT2D eigenvalue weighted by atomic mass is 9.93. The van der Waals surface area contributed by atoms with Gasteiger partial charge in [0.25, 0.3) is 0 Å². The number of hydrogen-bond acceptors (Lipinski definition) is 4. The van der Waals surface area contributed by atoms with E-state index < -0.39 is 0 Å². The topological polar surface area (TPSA) is 86.3 Å². The minimum atomic E-state index is -0.0160. The molecule has 1 atom stereocenters. The van der Waals surface area contributed by atoms with Crippen molar-refractivity contribution < 1.29 is 14.3 Å². The van der Waals surface area contributed by atoms with Gasteiger partial charge in [0.05, 0.1) is 6.10 Å². The normalized spacial score (nSPS) is 20.9. The minimum Gasteiger partial charge on any atom is -0.376 e. The highest BCUT2D eigenvalue weighted by Gasteiger charge is 2.24. The Hall–Kier alpha value is -1.10. The van der Waals surface area contributed by atoms with Crippen LogP contribution in [-0.4, -0.2) is 87.6 Å². The molecule has 2 fully saturated rings. The van der Waals surface area contributed by atoms with Crippen LogP contribution in [0.3, 0.4) is 0 Å². The Labute approximate surface area is 185 Å². The summed E-state index contributed by atoms with van der Waals surface area (Å²) >= 11 is 0. The van der Waals surface area contributed by atoms with Gasteiger partial charge in [-0.05, 0) is 38.0 Å². The number of hydrogen-bond donors (Lipinski definition) is 2. The van der Waals surface area contributed by atoms with Gasteiger partial charge < -0.3 is 25.2 Å². The first-order valence-electron chi connectivity index (χ1n) is 10.0. The fourth-order valence-electron chi connectivity index (χ4n) is 3.44. The number of carbonyl (C=O) groups excluding carboxylic acids is 2. The van der Waals surface area contributed by atoms with Gasteiger partial charge >= 0.3 is 0 Å². The standard InChI is InChI=1S/C19H35N5O3.HI/c1-20-17(25)12-15-7-9-24(10-8-15)19(22-14-18(26)23(2)3)21-13-16-6-4-5-11-27-16;/h15-16H,4-14H2,1-3H3,(H,20,25)(H,21,22);1H. The second-order valence-electron chi connectivity index (χ2n) is 7.61. The molecule has 0 aromatic rings. The highest BCUT2D eigenvalue weighted by atomic mass is 127. The van der Waals surface area contributed by atoms with E-state index in [1.54, 1.807) is 26.0 Å². The van der Waals surface area contributed by atoms with Crippen LogP contribution in [-0.2, 0) is 14.3 Å². The lowest BCUT2D eigenvalue weighted by molar-refractivity contribution is -0.127. The highest BCUT2D eigenvalue weighted by molar-refractivity contribution is 14.0. The summed E-state index contributed by atoms with van der Waals surface area (Å²) in [5.41, 5.74) is 0. The third kappa shape index (κ3) is 8.50. The maximum Gasteiger partial charge on any atom is 0.243 e.